The van der Waals surface area contributed by atoms with E-state index in [1.54, 1.807) is 0 Å². The van der Waals surface area contributed by atoms with Gasteiger partial charge in [-0.15, -0.1) is 0 Å². The first-order valence-corrected chi connectivity index (χ1v) is 7.44. The maximum absolute atomic E-state index is 5.83. The van der Waals surface area contributed by atoms with Crippen molar-refractivity contribution in [1.29, 1.82) is 0 Å². The second-order valence-electron chi connectivity index (χ2n) is 5.52. The number of nitrogens with zero attached hydrogens (tertiary/aromatic N) is 1. The Bertz CT molecular complexity index is 230. The molecule has 0 aromatic carbocycles. The topological polar surface area (TPSA) is 33.7 Å². The second kappa shape index (κ2) is 7.43. The standard InChI is InChI=1S/C14H28N2O2/c1-3-15-13-7-9-17-11-14(13)16(2)10-12-6-4-5-8-18-12/h12-15H,3-11H2,1-2H3. The smallest absolute Gasteiger partial charge is 0.0702 e. The average molecular weight is 256 g/mol. The highest BCUT2D eigenvalue weighted by Crippen LogP contribution is 2.18. The van der Waals surface area contributed by atoms with Crippen LogP contribution in [0.2, 0.25) is 0 Å². The van der Waals surface area contributed by atoms with Gasteiger partial charge in [0.15, 0.2) is 0 Å². The largest absolute Gasteiger partial charge is 0.380 e. The summed E-state index contributed by atoms with van der Waals surface area (Å²) in [5, 5.41) is 3.59. The third kappa shape index (κ3) is 3.92. The summed E-state index contributed by atoms with van der Waals surface area (Å²) in [6, 6.07) is 1.06. The van der Waals surface area contributed by atoms with Crippen LogP contribution in [0.3, 0.4) is 0 Å². The molecule has 0 saturated carbocycles. The van der Waals surface area contributed by atoms with Gasteiger partial charge in [0.1, 0.15) is 0 Å². The predicted molar refractivity (Wildman–Crippen MR) is 72.9 cm³/mol. The van der Waals surface area contributed by atoms with Crippen molar-refractivity contribution in [2.24, 2.45) is 0 Å². The lowest BCUT2D eigenvalue weighted by Gasteiger charge is -2.40. The highest BCUT2D eigenvalue weighted by molar-refractivity contribution is 4.87. The number of rotatable bonds is 5. The Balaban J connectivity index is 1.82. The molecule has 1 N–H and O–H groups in total. The number of ether oxygens (including phenoxy) is 2. The Hall–Kier alpha value is -0.160. The summed E-state index contributed by atoms with van der Waals surface area (Å²) in [4.78, 5) is 2.43. The molecule has 0 aromatic heterocycles. The molecule has 2 rings (SSSR count). The van der Waals surface area contributed by atoms with Gasteiger partial charge in [-0.3, -0.25) is 4.90 Å². The highest BCUT2D eigenvalue weighted by atomic mass is 16.5. The number of likely N-dealkylation sites (N-methyl/N-ethyl adjacent to an activating group) is 2. The van der Waals surface area contributed by atoms with Gasteiger partial charge in [-0.1, -0.05) is 6.92 Å². The summed E-state index contributed by atoms with van der Waals surface area (Å²) < 4.78 is 11.5. The van der Waals surface area contributed by atoms with Crippen LogP contribution in [0.25, 0.3) is 0 Å². The van der Waals surface area contributed by atoms with E-state index in [1.165, 1.54) is 19.3 Å². The maximum atomic E-state index is 5.83. The van der Waals surface area contributed by atoms with Crippen molar-refractivity contribution in [3.05, 3.63) is 0 Å². The van der Waals surface area contributed by atoms with Crippen LogP contribution in [0, 0.1) is 0 Å². The van der Waals surface area contributed by atoms with E-state index in [9.17, 15) is 0 Å². The minimum Gasteiger partial charge on any atom is -0.380 e. The minimum atomic E-state index is 0.424. The van der Waals surface area contributed by atoms with Crippen LogP contribution >= 0.6 is 0 Å². The Kier molecular flexibility index (Phi) is 5.89. The molecule has 0 spiro atoms. The molecule has 2 saturated heterocycles. The van der Waals surface area contributed by atoms with Crippen LogP contribution in [-0.4, -0.2) is 63.0 Å². The average Bonchev–Trinajstić information content (AvgIpc) is 2.41. The Labute approximate surface area is 111 Å². The van der Waals surface area contributed by atoms with Crippen molar-refractivity contribution in [1.82, 2.24) is 10.2 Å². The van der Waals surface area contributed by atoms with Gasteiger partial charge in [0, 0.05) is 31.8 Å². The molecule has 0 bridgehead atoms. The van der Waals surface area contributed by atoms with Gasteiger partial charge in [0.25, 0.3) is 0 Å². The van der Waals surface area contributed by atoms with Gasteiger partial charge >= 0.3 is 0 Å². The fourth-order valence-corrected chi connectivity index (χ4v) is 3.07. The van der Waals surface area contributed by atoms with E-state index in [-0.39, 0.29) is 0 Å². The van der Waals surface area contributed by atoms with Crippen molar-refractivity contribution in [3.63, 3.8) is 0 Å². The zero-order valence-corrected chi connectivity index (χ0v) is 11.9. The van der Waals surface area contributed by atoms with E-state index in [0.29, 0.717) is 18.2 Å². The Morgan fingerprint density at radius 1 is 1.22 bits per heavy atom. The fraction of sp³-hybridized carbons (Fsp3) is 1.00. The molecule has 0 aromatic rings. The van der Waals surface area contributed by atoms with Crippen molar-refractivity contribution >= 4 is 0 Å². The van der Waals surface area contributed by atoms with Crippen LogP contribution in [0.15, 0.2) is 0 Å². The van der Waals surface area contributed by atoms with Crippen LogP contribution in [0.1, 0.15) is 32.6 Å². The van der Waals surface area contributed by atoms with Gasteiger partial charge in [0.2, 0.25) is 0 Å². The third-order valence-electron chi connectivity index (χ3n) is 4.12. The van der Waals surface area contributed by atoms with E-state index >= 15 is 0 Å². The molecular formula is C14H28N2O2. The van der Waals surface area contributed by atoms with E-state index < -0.39 is 0 Å². The van der Waals surface area contributed by atoms with E-state index in [1.807, 2.05) is 0 Å². The molecule has 3 atom stereocenters. The first-order chi connectivity index (χ1) is 8.81. The lowest BCUT2D eigenvalue weighted by atomic mass is 10.0. The molecule has 3 unspecified atom stereocenters. The monoisotopic (exact) mass is 256 g/mol. The van der Waals surface area contributed by atoms with Crippen LogP contribution in [0.5, 0.6) is 0 Å². The van der Waals surface area contributed by atoms with E-state index in [0.717, 1.165) is 39.3 Å². The summed E-state index contributed by atoms with van der Waals surface area (Å²) in [7, 11) is 2.21. The number of nitrogens with one attached hydrogen (secondary N) is 1. The fourth-order valence-electron chi connectivity index (χ4n) is 3.07. The lowest BCUT2D eigenvalue weighted by molar-refractivity contribution is -0.0378. The van der Waals surface area contributed by atoms with Gasteiger partial charge in [-0.2, -0.15) is 0 Å². The quantitative estimate of drug-likeness (QED) is 0.803. The molecular weight excluding hydrogens is 228 g/mol. The van der Waals surface area contributed by atoms with E-state index in [4.69, 9.17) is 9.47 Å². The predicted octanol–water partition coefficient (Wildman–Crippen LogP) is 1.25. The first-order valence-electron chi connectivity index (χ1n) is 7.44. The van der Waals surface area contributed by atoms with Crippen LogP contribution < -0.4 is 5.32 Å². The zero-order chi connectivity index (χ0) is 12.8. The maximum Gasteiger partial charge on any atom is 0.0702 e. The molecule has 2 heterocycles. The number of hydrogen-bond acceptors (Lipinski definition) is 4. The lowest BCUT2D eigenvalue weighted by Crippen LogP contribution is -2.55. The summed E-state index contributed by atoms with van der Waals surface area (Å²) >= 11 is 0. The number of hydrogen-bond donors (Lipinski definition) is 1. The molecule has 2 aliphatic rings. The molecule has 0 amide bonds. The van der Waals surface area contributed by atoms with Crippen molar-refractivity contribution < 1.29 is 9.47 Å². The van der Waals surface area contributed by atoms with Gasteiger partial charge in [0.05, 0.1) is 12.7 Å². The zero-order valence-electron chi connectivity index (χ0n) is 11.9. The summed E-state index contributed by atoms with van der Waals surface area (Å²) in [6.07, 6.45) is 5.30. The summed E-state index contributed by atoms with van der Waals surface area (Å²) in [6.45, 7) is 6.93. The molecule has 18 heavy (non-hydrogen) atoms. The molecule has 2 aliphatic heterocycles. The van der Waals surface area contributed by atoms with Gasteiger partial charge in [-0.25, -0.2) is 0 Å². The summed E-state index contributed by atoms with van der Waals surface area (Å²) in [5.74, 6) is 0. The van der Waals surface area contributed by atoms with Gasteiger partial charge < -0.3 is 14.8 Å². The molecule has 106 valence electrons. The van der Waals surface area contributed by atoms with Crippen molar-refractivity contribution in [2.75, 3.05) is 40.0 Å². The minimum absolute atomic E-state index is 0.424. The van der Waals surface area contributed by atoms with E-state index in [2.05, 4.69) is 24.2 Å². The molecule has 2 fully saturated rings. The normalized spacial score (nSPS) is 33.8. The molecule has 4 heteroatoms. The highest BCUT2D eigenvalue weighted by Gasteiger charge is 2.30. The SMILES string of the molecule is CCNC1CCOCC1N(C)CC1CCCCO1. The van der Waals surface area contributed by atoms with Crippen molar-refractivity contribution in [3.8, 4) is 0 Å². The first kappa shape index (κ1) is 14.3. The van der Waals surface area contributed by atoms with Gasteiger partial charge in [-0.05, 0) is 39.3 Å². The Morgan fingerprint density at radius 2 is 2.11 bits per heavy atom. The summed E-state index contributed by atoms with van der Waals surface area (Å²) in [5.41, 5.74) is 0. The third-order valence-corrected chi connectivity index (χ3v) is 4.12. The molecule has 0 aliphatic carbocycles. The molecule has 0 radical (unpaired) electrons. The van der Waals surface area contributed by atoms with Crippen LogP contribution in [0.4, 0.5) is 0 Å². The van der Waals surface area contributed by atoms with Crippen LogP contribution in [-0.2, 0) is 9.47 Å². The Morgan fingerprint density at radius 3 is 2.83 bits per heavy atom. The second-order valence-corrected chi connectivity index (χ2v) is 5.52. The molecule has 4 nitrogen and oxygen atoms in total. The van der Waals surface area contributed by atoms with Crippen molar-refractivity contribution in [2.45, 2.75) is 50.8 Å².